The molecule has 1 aliphatic heterocycles. The zero-order valence-corrected chi connectivity index (χ0v) is 38.1. The van der Waals surface area contributed by atoms with E-state index in [1.54, 1.807) is 24.3 Å². The minimum absolute atomic E-state index is 0.0741. The molecule has 2 unspecified atom stereocenters. The minimum atomic E-state index is -5.71. The Morgan fingerprint density at radius 1 is 0.925 bits per heavy atom. The number of methoxy groups -OCH3 is 2. The number of carbonyl (C=O) groups is 1. The van der Waals surface area contributed by atoms with Crippen molar-refractivity contribution in [1.82, 2.24) is 14.9 Å². The number of phosphoric ester groups is 1. The Morgan fingerprint density at radius 3 is 2.09 bits per heavy atom. The van der Waals surface area contributed by atoms with Gasteiger partial charge in [-0.2, -0.15) is 18.8 Å². The van der Waals surface area contributed by atoms with E-state index in [0.717, 1.165) is 16.5 Å². The highest BCUT2D eigenvalue weighted by molar-refractivity contribution is 7.66. The van der Waals surface area contributed by atoms with Gasteiger partial charge in [0, 0.05) is 56.2 Å². The van der Waals surface area contributed by atoms with Crippen molar-refractivity contribution in [2.45, 2.75) is 38.0 Å². The molecule has 1 saturated heterocycles. The summed E-state index contributed by atoms with van der Waals surface area (Å²) >= 11 is 0. The summed E-state index contributed by atoms with van der Waals surface area (Å²) in [5, 5.41) is 30.5. The first-order valence-corrected chi connectivity index (χ1v) is 23.9. The van der Waals surface area contributed by atoms with Crippen LogP contribution in [0.2, 0.25) is 0 Å². The van der Waals surface area contributed by atoms with Gasteiger partial charge >= 0.3 is 29.2 Å². The van der Waals surface area contributed by atoms with Crippen LogP contribution < -0.4 is 30.9 Å². The summed E-state index contributed by atoms with van der Waals surface area (Å²) < 4.78 is 63.9. The molecule has 2 heterocycles. The Hall–Kier alpha value is -6.26. The Bertz CT molecular complexity index is 2820. The van der Waals surface area contributed by atoms with Crippen LogP contribution in [0.25, 0.3) is 0 Å². The summed E-state index contributed by atoms with van der Waals surface area (Å²) in [5.41, 5.74) is 0.579. The lowest BCUT2D eigenvalue weighted by Gasteiger charge is -2.19. The molecular weight excluding hydrogens is 951 g/mol. The molecule has 1 aliphatic rings. The van der Waals surface area contributed by atoms with Crippen molar-refractivity contribution in [2.75, 3.05) is 45.9 Å². The standard InChI is InChI=1S/C37H42N9O18P3/c1-44(27-12-8-25(9-13-27)40-42-30-20-33(60-3)31(21-32(30)59-2)43-41-26-10-14-28(15-11-26)46(50)51)19-5-7-34(47)38-18-4-6-24-22-45(37(49)39-36(24)48)35-17-16-29(62-35)23-61-66(55,56)64-67(57,58)63-65(52,53)54/h8-15,20-22,29,35H,5,7,16-19,23H2,1-3H3,(H,38,47)(H,55,56)(H,57,58)(H,39,48,49)(H2,52,53,54)/t29-,35+/m0/s1. The Morgan fingerprint density at radius 2 is 1.52 bits per heavy atom. The van der Waals surface area contributed by atoms with Gasteiger partial charge in [-0.25, -0.2) is 18.5 Å². The number of hydrogen-bond donors (Lipinski definition) is 6. The van der Waals surface area contributed by atoms with Crippen LogP contribution in [0.3, 0.4) is 0 Å². The third kappa shape index (κ3) is 16.0. The van der Waals surface area contributed by atoms with Gasteiger partial charge in [0.2, 0.25) is 5.91 Å². The van der Waals surface area contributed by atoms with Gasteiger partial charge in [-0.15, -0.1) is 10.2 Å². The number of azo groups is 2. The lowest BCUT2D eigenvalue weighted by molar-refractivity contribution is -0.384. The van der Waals surface area contributed by atoms with Gasteiger partial charge in [0.15, 0.2) is 0 Å². The molecule has 0 bridgehead atoms. The lowest BCUT2D eigenvalue weighted by Crippen LogP contribution is -2.33. The molecular formula is C37H42N9O18P3. The largest absolute Gasteiger partial charge is 0.494 e. The topological polar surface area (TPSA) is 367 Å². The second-order valence-corrected chi connectivity index (χ2v) is 18.3. The number of benzene rings is 3. The van der Waals surface area contributed by atoms with E-state index in [1.165, 1.54) is 38.5 Å². The number of rotatable bonds is 21. The molecule has 4 atom stereocenters. The first kappa shape index (κ1) is 51.7. The average Bonchev–Trinajstić information content (AvgIpc) is 3.74. The maximum Gasteiger partial charge on any atom is 0.490 e. The van der Waals surface area contributed by atoms with E-state index in [-0.39, 0.29) is 43.0 Å². The highest BCUT2D eigenvalue weighted by atomic mass is 31.3. The number of anilines is 1. The first-order valence-electron chi connectivity index (χ1n) is 19.3. The Labute approximate surface area is 379 Å². The normalized spacial score (nSPS) is 16.8. The fourth-order valence-corrected chi connectivity index (χ4v) is 8.97. The highest BCUT2D eigenvalue weighted by Gasteiger charge is 2.41. The summed E-state index contributed by atoms with van der Waals surface area (Å²) in [6.45, 7) is -0.323. The molecule has 0 spiro atoms. The van der Waals surface area contributed by atoms with Gasteiger partial charge in [0.1, 0.15) is 34.7 Å². The van der Waals surface area contributed by atoms with E-state index in [9.17, 15) is 48.0 Å². The summed E-state index contributed by atoms with van der Waals surface area (Å²) in [7, 11) is -11.9. The number of hydrogen-bond acceptors (Lipinski definition) is 19. The van der Waals surface area contributed by atoms with Crippen LogP contribution in [0.1, 0.15) is 37.5 Å². The van der Waals surface area contributed by atoms with Crippen molar-refractivity contribution >= 4 is 63.5 Å². The molecule has 30 heteroatoms. The third-order valence-corrected chi connectivity index (χ3v) is 12.9. The zero-order chi connectivity index (χ0) is 48.9. The number of nitrogens with one attached hydrogen (secondary N) is 2. The number of phosphoric acid groups is 3. The highest BCUT2D eigenvalue weighted by Crippen LogP contribution is 2.66. The van der Waals surface area contributed by atoms with Gasteiger partial charge in [0.05, 0.1) is 49.8 Å². The molecule has 358 valence electrons. The smallest absolute Gasteiger partial charge is 0.490 e. The van der Waals surface area contributed by atoms with Crippen molar-refractivity contribution in [1.29, 1.82) is 0 Å². The van der Waals surface area contributed by atoms with E-state index in [4.69, 9.17) is 24.0 Å². The summed E-state index contributed by atoms with van der Waals surface area (Å²) in [6, 6.07) is 15.9. The van der Waals surface area contributed by atoms with Gasteiger partial charge in [-0.3, -0.25) is 33.8 Å². The molecule has 0 saturated carbocycles. The first-order chi connectivity index (χ1) is 31.6. The molecule has 0 aliphatic carbocycles. The fourth-order valence-electron chi connectivity index (χ4n) is 5.92. The van der Waals surface area contributed by atoms with Crippen LogP contribution in [0.4, 0.5) is 34.1 Å². The number of nitrogens with zero attached hydrogens (tertiary/aromatic N) is 7. The molecule has 1 amide bonds. The molecule has 3 aromatic carbocycles. The van der Waals surface area contributed by atoms with Crippen molar-refractivity contribution in [2.24, 2.45) is 20.5 Å². The van der Waals surface area contributed by atoms with E-state index in [1.807, 2.05) is 24.1 Å². The van der Waals surface area contributed by atoms with Crippen molar-refractivity contribution in [3.05, 3.63) is 103 Å². The Kier molecular flexibility index (Phi) is 17.7. The summed E-state index contributed by atoms with van der Waals surface area (Å²) in [6.07, 6.45) is 0.0765. The quantitative estimate of drug-likeness (QED) is 0.0192. The van der Waals surface area contributed by atoms with Crippen molar-refractivity contribution in [3.63, 3.8) is 0 Å². The van der Waals surface area contributed by atoms with E-state index >= 15 is 0 Å². The van der Waals surface area contributed by atoms with E-state index in [0.29, 0.717) is 47.2 Å². The van der Waals surface area contributed by atoms with E-state index in [2.05, 4.69) is 55.7 Å². The number of amides is 1. The summed E-state index contributed by atoms with van der Waals surface area (Å²) in [4.78, 5) is 88.2. The van der Waals surface area contributed by atoms with Crippen LogP contribution in [0, 0.1) is 22.0 Å². The lowest BCUT2D eigenvalue weighted by atomic mass is 10.2. The number of ether oxygens (including phenoxy) is 3. The van der Waals surface area contributed by atoms with Crippen LogP contribution in [0.5, 0.6) is 11.5 Å². The second kappa shape index (κ2) is 23.0. The molecule has 27 nitrogen and oxygen atoms in total. The van der Waals surface area contributed by atoms with Gasteiger partial charge in [0.25, 0.3) is 11.2 Å². The maximum atomic E-state index is 12.5. The van der Waals surface area contributed by atoms with Crippen LogP contribution in [-0.2, 0) is 36.4 Å². The number of nitro benzene ring substituents is 1. The number of non-ortho nitro benzene ring substituents is 1. The fraction of sp³-hybridized carbons (Fsp3) is 0.324. The molecule has 67 heavy (non-hydrogen) atoms. The number of H-pyrrole nitrogens is 1. The van der Waals surface area contributed by atoms with Crippen LogP contribution in [-0.4, -0.2) is 87.0 Å². The van der Waals surface area contributed by atoms with Gasteiger partial charge < -0.3 is 44.0 Å². The summed E-state index contributed by atoms with van der Waals surface area (Å²) in [5.74, 6) is 5.61. The molecule has 1 aromatic heterocycles. The molecule has 0 radical (unpaired) electrons. The molecule has 4 aromatic rings. The molecule has 5 rings (SSSR count). The minimum Gasteiger partial charge on any atom is -0.494 e. The third-order valence-electron chi connectivity index (χ3n) is 9.07. The van der Waals surface area contributed by atoms with Crippen molar-refractivity contribution in [3.8, 4) is 23.3 Å². The Balaban J connectivity index is 1.07. The average molecular weight is 994 g/mol. The van der Waals surface area contributed by atoms with Crippen molar-refractivity contribution < 1.29 is 70.3 Å². The van der Waals surface area contributed by atoms with Crippen LogP contribution in [0.15, 0.2) is 96.9 Å². The molecule has 1 fully saturated rings. The van der Waals surface area contributed by atoms with E-state index < -0.39 is 58.6 Å². The number of aromatic nitrogens is 2. The number of carbonyl (C=O) groups excluding carboxylic acids is 1. The van der Waals surface area contributed by atoms with Gasteiger partial charge in [-0.05, 0) is 55.7 Å². The van der Waals surface area contributed by atoms with Gasteiger partial charge in [-0.1, -0.05) is 11.8 Å². The SMILES string of the molecule is COc1cc(N=Nc2ccc([N+](=O)[O-])cc2)c(OC)cc1N=Nc1ccc(N(C)CCCC(=O)NCC#Cc2cn([C@H]3CC[C@@H](COP(=O)(O)OP(=O)(O)OP(=O)(O)O)O3)c(=O)[nH]c2=O)cc1. The monoisotopic (exact) mass is 993 g/mol. The maximum absolute atomic E-state index is 12.5. The second-order valence-electron chi connectivity index (χ2n) is 13.9. The molecule has 6 N–H and O–H groups in total. The zero-order valence-electron chi connectivity index (χ0n) is 35.4. The predicted octanol–water partition coefficient (Wildman–Crippen LogP) is 5.70. The number of aromatic amines is 1. The predicted molar refractivity (Wildman–Crippen MR) is 234 cm³/mol. The van der Waals surface area contributed by atoms with Crippen LogP contribution >= 0.6 is 23.5 Å². The number of nitro groups is 1.